The van der Waals surface area contributed by atoms with E-state index < -0.39 is 18.2 Å². The Morgan fingerprint density at radius 3 is 2.61 bits per heavy atom. The van der Waals surface area contributed by atoms with Crippen LogP contribution in [0.15, 0.2) is 55.1 Å². The number of carbonyl (C=O) groups is 1. The quantitative estimate of drug-likeness (QED) is 0.570. The van der Waals surface area contributed by atoms with Crippen LogP contribution in [0.1, 0.15) is 5.56 Å². The Morgan fingerprint density at radius 2 is 2.06 bits per heavy atom. The van der Waals surface area contributed by atoms with Gasteiger partial charge in [-0.15, -0.1) is 6.58 Å². The SMILES string of the molecule is C=C[C@H](O)[C@H](/C=C\C(=O)O)OCc1ccccc1. The third-order valence-corrected chi connectivity index (χ3v) is 2.29. The summed E-state index contributed by atoms with van der Waals surface area (Å²) in [5, 5.41) is 18.2. The van der Waals surface area contributed by atoms with Gasteiger partial charge < -0.3 is 14.9 Å². The lowest BCUT2D eigenvalue weighted by Crippen LogP contribution is -2.25. The van der Waals surface area contributed by atoms with E-state index in [2.05, 4.69) is 6.58 Å². The van der Waals surface area contributed by atoms with Gasteiger partial charge in [-0.05, 0) is 11.6 Å². The molecule has 0 radical (unpaired) electrons. The standard InChI is InChI=1S/C14H16O4/c1-2-12(15)13(8-9-14(16)17)18-10-11-6-4-3-5-7-11/h2-9,12-13,15H,1,10H2,(H,16,17)/b9-8-/t12-,13-/m0/s1. The molecule has 0 heterocycles. The van der Waals surface area contributed by atoms with Crippen LogP contribution in [0.4, 0.5) is 0 Å². The van der Waals surface area contributed by atoms with Crippen molar-refractivity contribution in [2.75, 3.05) is 0 Å². The Balaban J connectivity index is 2.61. The van der Waals surface area contributed by atoms with E-state index in [1.807, 2.05) is 30.3 Å². The maximum atomic E-state index is 10.4. The molecule has 0 amide bonds. The van der Waals surface area contributed by atoms with Crippen molar-refractivity contribution in [2.24, 2.45) is 0 Å². The van der Waals surface area contributed by atoms with E-state index in [9.17, 15) is 9.90 Å². The lowest BCUT2D eigenvalue weighted by atomic mass is 10.2. The molecule has 4 nitrogen and oxygen atoms in total. The monoisotopic (exact) mass is 248 g/mol. The summed E-state index contributed by atoms with van der Waals surface area (Å²) in [6.07, 6.45) is 1.89. The van der Waals surface area contributed by atoms with E-state index in [0.29, 0.717) is 6.61 Å². The maximum Gasteiger partial charge on any atom is 0.328 e. The first-order valence-electron chi connectivity index (χ1n) is 5.50. The number of hydrogen-bond donors (Lipinski definition) is 2. The second-order valence-corrected chi connectivity index (χ2v) is 3.68. The first-order valence-corrected chi connectivity index (χ1v) is 5.50. The van der Waals surface area contributed by atoms with Gasteiger partial charge in [-0.1, -0.05) is 36.4 Å². The lowest BCUT2D eigenvalue weighted by Gasteiger charge is -2.17. The molecular formula is C14H16O4. The molecule has 1 aromatic carbocycles. The molecule has 0 aromatic heterocycles. The molecule has 18 heavy (non-hydrogen) atoms. The number of benzene rings is 1. The highest BCUT2D eigenvalue weighted by Gasteiger charge is 2.14. The first kappa shape index (κ1) is 14.2. The fourth-order valence-electron chi connectivity index (χ4n) is 1.35. The molecule has 0 aliphatic carbocycles. The number of aliphatic hydroxyl groups excluding tert-OH is 1. The van der Waals surface area contributed by atoms with Gasteiger partial charge in [-0.25, -0.2) is 4.79 Å². The summed E-state index contributed by atoms with van der Waals surface area (Å²) < 4.78 is 5.46. The van der Waals surface area contributed by atoms with E-state index in [1.165, 1.54) is 12.2 Å². The molecule has 0 unspecified atom stereocenters. The van der Waals surface area contributed by atoms with Crippen molar-refractivity contribution in [3.63, 3.8) is 0 Å². The summed E-state index contributed by atoms with van der Waals surface area (Å²) in [6.45, 7) is 3.74. The topological polar surface area (TPSA) is 66.8 Å². The molecule has 1 rings (SSSR count). The van der Waals surface area contributed by atoms with Crippen LogP contribution in [-0.2, 0) is 16.1 Å². The van der Waals surface area contributed by atoms with Crippen molar-refractivity contribution in [1.82, 2.24) is 0 Å². The van der Waals surface area contributed by atoms with Crippen LogP contribution in [0.5, 0.6) is 0 Å². The first-order chi connectivity index (χ1) is 8.63. The Kier molecular flexibility index (Phi) is 5.84. The molecule has 0 spiro atoms. The minimum Gasteiger partial charge on any atom is -0.478 e. The van der Waals surface area contributed by atoms with Crippen LogP contribution in [0.3, 0.4) is 0 Å². The van der Waals surface area contributed by atoms with E-state index in [1.54, 1.807) is 0 Å². The van der Waals surface area contributed by atoms with Gasteiger partial charge in [-0.3, -0.25) is 0 Å². The van der Waals surface area contributed by atoms with Crippen molar-refractivity contribution < 1.29 is 19.7 Å². The number of ether oxygens (including phenoxy) is 1. The molecule has 2 atom stereocenters. The highest BCUT2D eigenvalue weighted by atomic mass is 16.5. The highest BCUT2D eigenvalue weighted by Crippen LogP contribution is 2.08. The number of aliphatic hydroxyl groups is 1. The molecule has 0 aliphatic rings. The fourth-order valence-corrected chi connectivity index (χ4v) is 1.35. The second kappa shape index (κ2) is 7.42. The summed E-state index contributed by atoms with van der Waals surface area (Å²) in [5.74, 6) is -1.08. The van der Waals surface area contributed by atoms with E-state index >= 15 is 0 Å². The van der Waals surface area contributed by atoms with Crippen molar-refractivity contribution in [3.05, 3.63) is 60.7 Å². The van der Waals surface area contributed by atoms with Gasteiger partial charge in [0, 0.05) is 6.08 Å². The van der Waals surface area contributed by atoms with E-state index in [0.717, 1.165) is 11.6 Å². The Morgan fingerprint density at radius 1 is 1.39 bits per heavy atom. The normalized spacial score (nSPS) is 14.3. The van der Waals surface area contributed by atoms with Crippen LogP contribution < -0.4 is 0 Å². The molecule has 4 heteroatoms. The van der Waals surface area contributed by atoms with Gasteiger partial charge in [-0.2, -0.15) is 0 Å². The zero-order chi connectivity index (χ0) is 13.4. The Hall–Kier alpha value is -1.91. The lowest BCUT2D eigenvalue weighted by molar-refractivity contribution is -0.131. The van der Waals surface area contributed by atoms with E-state index in [-0.39, 0.29) is 0 Å². The fraction of sp³-hybridized carbons (Fsp3) is 0.214. The molecule has 0 aliphatic heterocycles. The van der Waals surface area contributed by atoms with Crippen molar-refractivity contribution in [3.8, 4) is 0 Å². The number of rotatable bonds is 7. The number of carboxylic acids is 1. The summed E-state index contributed by atoms with van der Waals surface area (Å²) in [4.78, 5) is 10.4. The largest absolute Gasteiger partial charge is 0.478 e. The van der Waals surface area contributed by atoms with Crippen molar-refractivity contribution in [2.45, 2.75) is 18.8 Å². The molecule has 0 bridgehead atoms. The van der Waals surface area contributed by atoms with Gasteiger partial charge in [0.25, 0.3) is 0 Å². The molecule has 2 N–H and O–H groups in total. The van der Waals surface area contributed by atoms with Crippen LogP contribution in [0.2, 0.25) is 0 Å². The number of hydrogen-bond acceptors (Lipinski definition) is 3. The molecule has 1 aromatic rings. The van der Waals surface area contributed by atoms with Crippen molar-refractivity contribution >= 4 is 5.97 Å². The minimum atomic E-state index is -1.08. The number of carboxylic acid groups (broad SMARTS) is 1. The van der Waals surface area contributed by atoms with Crippen molar-refractivity contribution in [1.29, 1.82) is 0 Å². The smallest absolute Gasteiger partial charge is 0.328 e. The molecule has 0 fully saturated rings. The zero-order valence-corrected chi connectivity index (χ0v) is 9.90. The van der Waals surface area contributed by atoms with Crippen LogP contribution >= 0.6 is 0 Å². The summed E-state index contributed by atoms with van der Waals surface area (Å²) in [7, 11) is 0. The van der Waals surface area contributed by atoms with Crippen LogP contribution in [0.25, 0.3) is 0 Å². The predicted molar refractivity (Wildman–Crippen MR) is 68.0 cm³/mol. The minimum absolute atomic E-state index is 0.292. The second-order valence-electron chi connectivity index (χ2n) is 3.68. The maximum absolute atomic E-state index is 10.4. The molecule has 0 saturated carbocycles. The Bertz CT molecular complexity index is 411. The summed E-state index contributed by atoms with van der Waals surface area (Å²) in [5.41, 5.74) is 0.947. The molecular weight excluding hydrogens is 232 g/mol. The summed E-state index contributed by atoms with van der Waals surface area (Å²) >= 11 is 0. The summed E-state index contributed by atoms with van der Waals surface area (Å²) in [6, 6.07) is 9.43. The van der Waals surface area contributed by atoms with E-state index in [4.69, 9.17) is 9.84 Å². The van der Waals surface area contributed by atoms with Gasteiger partial charge in [0.1, 0.15) is 12.2 Å². The van der Waals surface area contributed by atoms with Gasteiger partial charge in [0.2, 0.25) is 0 Å². The molecule has 96 valence electrons. The molecule has 0 saturated heterocycles. The zero-order valence-electron chi connectivity index (χ0n) is 9.90. The third kappa shape index (κ3) is 4.95. The van der Waals surface area contributed by atoms with Crippen LogP contribution in [0, 0.1) is 0 Å². The van der Waals surface area contributed by atoms with Gasteiger partial charge in [0.15, 0.2) is 0 Å². The number of aliphatic carboxylic acids is 1. The van der Waals surface area contributed by atoms with Gasteiger partial charge >= 0.3 is 5.97 Å². The highest BCUT2D eigenvalue weighted by molar-refractivity contribution is 5.79. The van der Waals surface area contributed by atoms with Gasteiger partial charge in [0.05, 0.1) is 6.61 Å². The average Bonchev–Trinajstić information content (AvgIpc) is 2.39. The van der Waals surface area contributed by atoms with Crippen LogP contribution in [-0.4, -0.2) is 28.4 Å². The Labute approximate surface area is 106 Å². The average molecular weight is 248 g/mol. The predicted octanol–water partition coefficient (Wildman–Crippen LogP) is 1.76. The third-order valence-electron chi connectivity index (χ3n) is 2.29.